The van der Waals surface area contributed by atoms with Gasteiger partial charge in [-0.15, -0.1) is 12.4 Å². The third kappa shape index (κ3) is 51.1. The van der Waals surface area contributed by atoms with Crippen molar-refractivity contribution in [2.75, 3.05) is 21.1 Å². The second kappa shape index (κ2) is 46.6. The third-order valence-corrected chi connectivity index (χ3v) is 8.14. The van der Waals surface area contributed by atoms with E-state index < -0.39 is 6.29 Å². The highest BCUT2D eigenvalue weighted by molar-refractivity contribution is 5.85. The number of rotatable bonds is 33. The van der Waals surface area contributed by atoms with Crippen LogP contribution in [0.4, 0.5) is 0 Å². The molecule has 0 rings (SSSR count). The summed E-state index contributed by atoms with van der Waals surface area (Å²) in [6.07, 6.45) is 42.0. The van der Waals surface area contributed by atoms with Gasteiger partial charge in [0.25, 0.3) is 0 Å². The van der Waals surface area contributed by atoms with Gasteiger partial charge in [0.2, 0.25) is 6.29 Å². The first-order valence-corrected chi connectivity index (χ1v) is 20.2. The Balaban J connectivity index is -0.00000159. The van der Waals surface area contributed by atoms with Gasteiger partial charge in [0.15, 0.2) is 0 Å². The molecule has 0 aliphatic heterocycles. The van der Waals surface area contributed by atoms with E-state index in [4.69, 9.17) is 9.47 Å². The number of carbonyl (C=O) groups excluding carboxylic acids is 2. The molecule has 0 amide bonds. The van der Waals surface area contributed by atoms with Gasteiger partial charge in [-0.2, -0.15) is 0 Å². The van der Waals surface area contributed by atoms with Gasteiger partial charge in [-0.1, -0.05) is 148 Å². The number of ether oxygens (including phenoxy) is 2. The van der Waals surface area contributed by atoms with Crippen LogP contribution < -0.4 is 6.15 Å². The van der Waals surface area contributed by atoms with Crippen molar-refractivity contribution in [3.63, 3.8) is 0 Å². The zero-order valence-corrected chi connectivity index (χ0v) is 34.4. The molecule has 0 bridgehead atoms. The summed E-state index contributed by atoms with van der Waals surface area (Å²) < 4.78 is 10.8. The monoisotopic (exact) mass is 717 g/mol. The molecule has 6 nitrogen and oxygen atoms in total. The average molecular weight is 718 g/mol. The van der Waals surface area contributed by atoms with E-state index in [1.807, 2.05) is 33.0 Å². The first-order chi connectivity index (χ1) is 22.9. The van der Waals surface area contributed by atoms with Crippen molar-refractivity contribution in [3.8, 4) is 0 Å². The maximum absolute atomic E-state index is 12.2. The number of hydrogen-bond acceptors (Lipinski definition) is 6. The molecule has 0 aromatic carbocycles. The Morgan fingerprint density at radius 2 is 0.714 bits per heavy atom. The van der Waals surface area contributed by atoms with E-state index in [-0.39, 0.29) is 30.5 Å². The molecule has 0 fully saturated rings. The number of nitrogens with zero attached hydrogens (tertiary/aromatic N) is 1. The lowest BCUT2D eigenvalue weighted by Gasteiger charge is -2.16. The summed E-state index contributed by atoms with van der Waals surface area (Å²) in [5, 5.41) is 0. The molecule has 7 heteroatoms. The number of halogens is 1. The number of esters is 2. The first-order valence-electron chi connectivity index (χ1n) is 20.2. The van der Waals surface area contributed by atoms with Crippen LogP contribution in [0, 0.1) is 0 Å². The van der Waals surface area contributed by atoms with Gasteiger partial charge in [-0.25, -0.2) is 0 Å². The summed E-state index contributed by atoms with van der Waals surface area (Å²) in [4.78, 5) is 26.4. The molecule has 49 heavy (non-hydrogen) atoms. The molecule has 0 aliphatic carbocycles. The van der Waals surface area contributed by atoms with Crippen LogP contribution in [0.15, 0.2) is 24.3 Å². The lowest BCUT2D eigenvalue weighted by Crippen LogP contribution is -2.23. The SMILES string of the molecule is CCCCCCCCC=CCCCCCCCC(=O)OC(CC)OC(=O)CCCCCCCC=CCCCCCCCC.CN(C)C.Cl.N. The van der Waals surface area contributed by atoms with Crippen molar-refractivity contribution in [3.05, 3.63) is 24.3 Å². The topological polar surface area (TPSA) is 90.8 Å². The van der Waals surface area contributed by atoms with Crippen LogP contribution in [0.25, 0.3) is 0 Å². The fraction of sp³-hybridized carbons (Fsp3) is 0.857. The number of allylic oxidation sites excluding steroid dienone is 4. The van der Waals surface area contributed by atoms with Crippen LogP contribution in [-0.4, -0.2) is 44.3 Å². The maximum atomic E-state index is 12.2. The summed E-state index contributed by atoms with van der Waals surface area (Å²) in [6.45, 7) is 6.41. The van der Waals surface area contributed by atoms with E-state index in [1.54, 1.807) is 0 Å². The summed E-state index contributed by atoms with van der Waals surface area (Å²) in [6, 6.07) is 0. The molecule has 0 saturated heterocycles. The molecular formula is C42H85ClN2O4. The van der Waals surface area contributed by atoms with Crippen LogP contribution in [-0.2, 0) is 19.1 Å². The fourth-order valence-electron chi connectivity index (χ4n) is 5.28. The molecular weight excluding hydrogens is 632 g/mol. The van der Waals surface area contributed by atoms with Crippen molar-refractivity contribution in [1.29, 1.82) is 0 Å². The van der Waals surface area contributed by atoms with E-state index in [0.29, 0.717) is 19.3 Å². The van der Waals surface area contributed by atoms with Crippen molar-refractivity contribution < 1.29 is 19.1 Å². The minimum atomic E-state index is -0.744. The Morgan fingerprint density at radius 1 is 0.469 bits per heavy atom. The molecule has 0 atom stereocenters. The second-order valence-corrected chi connectivity index (χ2v) is 13.8. The van der Waals surface area contributed by atoms with Crippen LogP contribution in [0.3, 0.4) is 0 Å². The van der Waals surface area contributed by atoms with Crippen LogP contribution in [0.5, 0.6) is 0 Å². The number of unbranched alkanes of at least 4 members (excludes halogenated alkanes) is 22. The minimum Gasteiger partial charge on any atom is -0.425 e. The Bertz CT molecular complexity index is 658. The summed E-state index contributed by atoms with van der Waals surface area (Å²) in [5.41, 5.74) is 0. The molecule has 0 spiro atoms. The molecule has 0 unspecified atom stereocenters. The summed E-state index contributed by atoms with van der Waals surface area (Å²) >= 11 is 0. The molecule has 0 saturated carbocycles. The fourth-order valence-corrected chi connectivity index (χ4v) is 5.28. The highest BCUT2D eigenvalue weighted by Gasteiger charge is 2.16. The van der Waals surface area contributed by atoms with E-state index >= 15 is 0 Å². The van der Waals surface area contributed by atoms with Gasteiger partial charge < -0.3 is 20.5 Å². The summed E-state index contributed by atoms with van der Waals surface area (Å²) in [7, 11) is 6.00. The van der Waals surface area contributed by atoms with E-state index in [9.17, 15) is 9.59 Å². The minimum absolute atomic E-state index is 0. The molecule has 0 radical (unpaired) electrons. The van der Waals surface area contributed by atoms with Gasteiger partial charge in [0.05, 0.1) is 0 Å². The van der Waals surface area contributed by atoms with Gasteiger partial charge in [0, 0.05) is 19.3 Å². The zero-order chi connectivity index (χ0) is 35.1. The maximum Gasteiger partial charge on any atom is 0.308 e. The molecule has 0 heterocycles. The molecule has 0 aromatic heterocycles. The Kier molecular flexibility index (Phi) is 51.8. The number of hydrogen-bond donors (Lipinski definition) is 1. The normalized spacial score (nSPS) is 11.6. The van der Waals surface area contributed by atoms with Crippen molar-refractivity contribution in [2.24, 2.45) is 0 Å². The van der Waals surface area contributed by atoms with E-state index in [0.717, 1.165) is 38.5 Å². The Morgan fingerprint density at radius 3 is 0.980 bits per heavy atom. The predicted molar refractivity (Wildman–Crippen MR) is 217 cm³/mol. The Hall–Kier alpha value is -1.37. The van der Waals surface area contributed by atoms with Crippen molar-refractivity contribution in [2.45, 2.75) is 213 Å². The first kappa shape index (κ1) is 54.4. The highest BCUT2D eigenvalue weighted by Crippen LogP contribution is 2.14. The van der Waals surface area contributed by atoms with Crippen LogP contribution >= 0.6 is 12.4 Å². The van der Waals surface area contributed by atoms with Crippen molar-refractivity contribution >= 4 is 24.3 Å². The lowest BCUT2D eigenvalue weighted by atomic mass is 10.1. The molecule has 0 aliphatic rings. The number of carbonyl (C=O) groups is 2. The van der Waals surface area contributed by atoms with Gasteiger partial charge in [-0.3, -0.25) is 9.59 Å². The smallest absolute Gasteiger partial charge is 0.308 e. The van der Waals surface area contributed by atoms with Gasteiger partial charge in [-0.05, 0) is 85.4 Å². The second-order valence-electron chi connectivity index (χ2n) is 13.8. The largest absolute Gasteiger partial charge is 0.425 e. The molecule has 294 valence electrons. The van der Waals surface area contributed by atoms with Gasteiger partial charge >= 0.3 is 11.9 Å². The summed E-state index contributed by atoms with van der Waals surface area (Å²) in [5.74, 6) is -0.503. The molecule has 0 aromatic rings. The predicted octanol–water partition coefficient (Wildman–Crippen LogP) is 13.6. The van der Waals surface area contributed by atoms with E-state index in [1.165, 1.54) is 128 Å². The lowest BCUT2D eigenvalue weighted by molar-refractivity contribution is -0.188. The quantitative estimate of drug-likeness (QED) is 0.0315. The highest BCUT2D eigenvalue weighted by atomic mass is 35.5. The van der Waals surface area contributed by atoms with Crippen LogP contribution in [0.1, 0.15) is 207 Å². The van der Waals surface area contributed by atoms with Crippen molar-refractivity contribution in [1.82, 2.24) is 11.1 Å². The van der Waals surface area contributed by atoms with Gasteiger partial charge in [0.1, 0.15) is 0 Å². The average Bonchev–Trinajstić information content (AvgIpc) is 3.04. The zero-order valence-electron chi connectivity index (χ0n) is 33.6. The Labute approximate surface area is 312 Å². The van der Waals surface area contributed by atoms with E-state index in [2.05, 4.69) is 38.2 Å². The third-order valence-electron chi connectivity index (χ3n) is 8.14. The molecule has 3 N–H and O–H groups in total. The standard InChI is InChI=1S/C39H72O4.C3H9N.ClH.H3N/c1-4-7-9-11-13-15-17-19-21-23-25-27-29-31-33-35-37(40)42-39(6-3)43-38(41)36-34-32-30-28-26-24-22-20-18-16-14-12-10-8-5-2;1-4(2)3;;/h19-22,39H,4-18,23-36H2,1-3H3;1-3H3;1H;1H3. The van der Waals surface area contributed by atoms with Crippen LogP contribution in [0.2, 0.25) is 0 Å².